The van der Waals surface area contributed by atoms with E-state index in [0.717, 1.165) is 31.6 Å². The molecule has 1 aliphatic rings. The Hall–Kier alpha value is -2.05. The molecule has 0 bridgehead atoms. The average molecular weight is 280 g/mol. The molecule has 0 unspecified atom stereocenters. The number of hydrogen-bond donors (Lipinski definition) is 0. The summed E-state index contributed by atoms with van der Waals surface area (Å²) in [4.78, 5) is 4.52. The van der Waals surface area contributed by atoms with Crippen LogP contribution < -0.4 is 0 Å². The van der Waals surface area contributed by atoms with Crippen LogP contribution in [0.4, 0.5) is 0 Å². The fourth-order valence-electron chi connectivity index (χ4n) is 2.62. The summed E-state index contributed by atoms with van der Waals surface area (Å²) >= 11 is 0. The van der Waals surface area contributed by atoms with Gasteiger partial charge in [0.2, 0.25) is 0 Å². The number of rotatable bonds is 2. The van der Waals surface area contributed by atoms with Gasteiger partial charge in [-0.25, -0.2) is 4.98 Å². The lowest BCUT2D eigenvalue weighted by molar-refractivity contribution is 0.0845. The summed E-state index contributed by atoms with van der Waals surface area (Å²) in [6.45, 7) is 4.47. The molecule has 1 saturated heterocycles. The van der Waals surface area contributed by atoms with Gasteiger partial charge in [-0.15, -0.1) is 0 Å². The largest absolute Gasteiger partial charge is 0.381 e. The van der Waals surface area contributed by atoms with Gasteiger partial charge in [0.1, 0.15) is 0 Å². The molecule has 108 valence electrons. The zero-order valence-corrected chi connectivity index (χ0v) is 12.4. The highest BCUT2D eigenvalue weighted by molar-refractivity contribution is 5.36. The first-order valence-corrected chi connectivity index (χ1v) is 7.46. The molecule has 0 radical (unpaired) electrons. The van der Waals surface area contributed by atoms with Crippen LogP contribution in [-0.2, 0) is 11.3 Å². The van der Waals surface area contributed by atoms with Crippen molar-refractivity contribution in [2.75, 3.05) is 13.2 Å². The molecule has 21 heavy (non-hydrogen) atoms. The fourth-order valence-corrected chi connectivity index (χ4v) is 2.62. The monoisotopic (exact) mass is 280 g/mol. The Labute approximate surface area is 126 Å². The molecule has 0 atom stereocenters. The van der Waals surface area contributed by atoms with Crippen LogP contribution >= 0.6 is 0 Å². The molecule has 1 aromatic carbocycles. The van der Waals surface area contributed by atoms with E-state index in [-0.39, 0.29) is 0 Å². The van der Waals surface area contributed by atoms with E-state index in [2.05, 4.69) is 46.6 Å². The number of ether oxygens (including phenoxy) is 1. The van der Waals surface area contributed by atoms with E-state index >= 15 is 0 Å². The summed E-state index contributed by atoms with van der Waals surface area (Å²) in [5.74, 6) is 6.96. The lowest BCUT2D eigenvalue weighted by Crippen LogP contribution is -2.14. The Morgan fingerprint density at radius 2 is 2.19 bits per heavy atom. The van der Waals surface area contributed by atoms with Crippen molar-refractivity contribution in [3.05, 3.63) is 53.6 Å². The molecule has 2 heterocycles. The Bertz CT molecular complexity index is 657. The minimum Gasteiger partial charge on any atom is -0.381 e. The third-order valence-corrected chi connectivity index (χ3v) is 3.81. The van der Waals surface area contributed by atoms with Gasteiger partial charge in [-0.2, -0.15) is 0 Å². The van der Waals surface area contributed by atoms with Crippen LogP contribution in [0.25, 0.3) is 0 Å². The molecular formula is C18H20N2O. The SMILES string of the molecule is Cc1cccc(C#CCn2cnc(C3CCOCC3)c2)c1. The molecule has 3 nitrogen and oxygen atoms in total. The van der Waals surface area contributed by atoms with E-state index in [4.69, 9.17) is 4.74 Å². The molecule has 3 heteroatoms. The van der Waals surface area contributed by atoms with E-state index in [0.29, 0.717) is 12.5 Å². The fraction of sp³-hybridized carbons (Fsp3) is 0.389. The molecule has 3 rings (SSSR count). The Morgan fingerprint density at radius 1 is 1.33 bits per heavy atom. The zero-order chi connectivity index (χ0) is 14.5. The van der Waals surface area contributed by atoms with Gasteiger partial charge in [-0.1, -0.05) is 24.0 Å². The lowest BCUT2D eigenvalue weighted by atomic mass is 9.97. The van der Waals surface area contributed by atoms with Crippen molar-refractivity contribution >= 4 is 0 Å². The number of aryl methyl sites for hydroxylation is 1. The zero-order valence-electron chi connectivity index (χ0n) is 12.4. The van der Waals surface area contributed by atoms with Crippen LogP contribution in [0.15, 0.2) is 36.8 Å². The predicted octanol–water partition coefficient (Wildman–Crippen LogP) is 3.14. The van der Waals surface area contributed by atoms with Gasteiger partial charge in [0.05, 0.1) is 18.6 Å². The first-order chi connectivity index (χ1) is 10.3. The first-order valence-electron chi connectivity index (χ1n) is 7.46. The van der Waals surface area contributed by atoms with E-state index in [1.54, 1.807) is 0 Å². The number of hydrogen-bond acceptors (Lipinski definition) is 2. The molecule has 1 fully saturated rings. The number of benzene rings is 1. The predicted molar refractivity (Wildman–Crippen MR) is 83.1 cm³/mol. The van der Waals surface area contributed by atoms with Crippen LogP contribution in [0, 0.1) is 18.8 Å². The Kier molecular flexibility index (Phi) is 4.37. The molecule has 1 aliphatic heterocycles. The van der Waals surface area contributed by atoms with E-state index in [1.807, 2.05) is 18.5 Å². The summed E-state index contributed by atoms with van der Waals surface area (Å²) in [5.41, 5.74) is 3.49. The number of nitrogens with zero attached hydrogens (tertiary/aromatic N) is 2. The van der Waals surface area contributed by atoms with Crippen LogP contribution in [0.3, 0.4) is 0 Å². The highest BCUT2D eigenvalue weighted by atomic mass is 16.5. The molecule has 0 aliphatic carbocycles. The van der Waals surface area contributed by atoms with Gasteiger partial charge in [-0.3, -0.25) is 0 Å². The molecule has 1 aromatic heterocycles. The second kappa shape index (κ2) is 6.60. The van der Waals surface area contributed by atoms with Crippen molar-refractivity contribution < 1.29 is 4.74 Å². The normalized spacial score (nSPS) is 15.5. The highest BCUT2D eigenvalue weighted by Crippen LogP contribution is 2.24. The molecule has 0 saturated carbocycles. The van der Waals surface area contributed by atoms with Crippen molar-refractivity contribution in [2.24, 2.45) is 0 Å². The molecule has 0 spiro atoms. The first kappa shape index (κ1) is 13.9. The van der Waals surface area contributed by atoms with Gasteiger partial charge >= 0.3 is 0 Å². The quantitative estimate of drug-likeness (QED) is 0.790. The van der Waals surface area contributed by atoms with Crippen molar-refractivity contribution in [3.63, 3.8) is 0 Å². The van der Waals surface area contributed by atoms with Crippen molar-refractivity contribution in [1.29, 1.82) is 0 Å². The molecular weight excluding hydrogens is 260 g/mol. The third kappa shape index (κ3) is 3.74. The van der Waals surface area contributed by atoms with Crippen LogP contribution in [0.5, 0.6) is 0 Å². The smallest absolute Gasteiger partial charge is 0.0958 e. The summed E-state index contributed by atoms with van der Waals surface area (Å²) < 4.78 is 7.46. The Morgan fingerprint density at radius 3 is 3.00 bits per heavy atom. The van der Waals surface area contributed by atoms with Crippen molar-refractivity contribution in [2.45, 2.75) is 32.2 Å². The van der Waals surface area contributed by atoms with Crippen LogP contribution in [0.2, 0.25) is 0 Å². The number of imidazole rings is 1. The summed E-state index contributed by atoms with van der Waals surface area (Å²) in [6, 6.07) is 8.27. The second-order valence-electron chi connectivity index (χ2n) is 5.53. The van der Waals surface area contributed by atoms with E-state index < -0.39 is 0 Å². The Balaban J connectivity index is 1.62. The molecule has 0 N–H and O–H groups in total. The lowest BCUT2D eigenvalue weighted by Gasteiger charge is -2.19. The minimum atomic E-state index is 0.546. The summed E-state index contributed by atoms with van der Waals surface area (Å²) in [7, 11) is 0. The van der Waals surface area contributed by atoms with Gasteiger partial charge < -0.3 is 9.30 Å². The standard InChI is InChI=1S/C18H20N2O/c1-15-4-2-5-16(12-15)6-3-9-20-13-18(19-14-20)17-7-10-21-11-8-17/h2,4-5,12-14,17H,7-11H2,1H3. The van der Waals surface area contributed by atoms with Crippen LogP contribution in [0.1, 0.15) is 35.6 Å². The van der Waals surface area contributed by atoms with Gasteiger partial charge in [0, 0.05) is 30.9 Å². The van der Waals surface area contributed by atoms with Gasteiger partial charge in [0.15, 0.2) is 0 Å². The second-order valence-corrected chi connectivity index (χ2v) is 5.53. The summed E-state index contributed by atoms with van der Waals surface area (Å²) in [5, 5.41) is 0. The van der Waals surface area contributed by atoms with Gasteiger partial charge in [-0.05, 0) is 37.5 Å². The number of aromatic nitrogens is 2. The maximum absolute atomic E-state index is 5.39. The van der Waals surface area contributed by atoms with E-state index in [9.17, 15) is 0 Å². The van der Waals surface area contributed by atoms with Crippen molar-refractivity contribution in [3.8, 4) is 11.8 Å². The average Bonchev–Trinajstić information content (AvgIpc) is 2.97. The highest BCUT2D eigenvalue weighted by Gasteiger charge is 2.17. The van der Waals surface area contributed by atoms with E-state index in [1.165, 1.54) is 11.3 Å². The maximum atomic E-state index is 5.39. The molecule has 2 aromatic rings. The minimum absolute atomic E-state index is 0.546. The topological polar surface area (TPSA) is 27.1 Å². The van der Waals surface area contributed by atoms with Crippen LogP contribution in [-0.4, -0.2) is 22.8 Å². The maximum Gasteiger partial charge on any atom is 0.0958 e. The van der Waals surface area contributed by atoms with Gasteiger partial charge in [0.25, 0.3) is 0 Å². The summed E-state index contributed by atoms with van der Waals surface area (Å²) in [6.07, 6.45) is 6.16. The molecule has 0 amide bonds. The van der Waals surface area contributed by atoms with Crippen molar-refractivity contribution in [1.82, 2.24) is 9.55 Å². The third-order valence-electron chi connectivity index (χ3n) is 3.81.